The third-order valence-electron chi connectivity index (χ3n) is 5.38. The fourth-order valence-electron chi connectivity index (χ4n) is 3.66. The molecule has 0 saturated carbocycles. The van der Waals surface area contributed by atoms with Crippen molar-refractivity contribution >= 4 is 40.5 Å². The third-order valence-corrected chi connectivity index (χ3v) is 5.52. The van der Waals surface area contributed by atoms with Crippen molar-refractivity contribution in [3.63, 3.8) is 0 Å². The van der Waals surface area contributed by atoms with Crippen LogP contribution in [0.4, 0.5) is 20.6 Å². The van der Waals surface area contributed by atoms with Crippen LogP contribution in [-0.4, -0.2) is 41.0 Å². The lowest BCUT2D eigenvalue weighted by atomic mass is 10.0. The summed E-state index contributed by atoms with van der Waals surface area (Å²) in [6, 6.07) is 10.0. The summed E-state index contributed by atoms with van der Waals surface area (Å²) in [5.74, 6) is -0.864. The van der Waals surface area contributed by atoms with Crippen LogP contribution in [0.3, 0.4) is 0 Å². The maximum Gasteiger partial charge on any atom is 0.414 e. The number of carbonyl (C=O) groups excluding carboxylic acids is 2. The highest BCUT2D eigenvalue weighted by Gasteiger charge is 2.32. The summed E-state index contributed by atoms with van der Waals surface area (Å²) in [4.78, 5) is 31.1. The molecule has 1 amide bonds. The maximum absolute atomic E-state index is 14.9. The summed E-state index contributed by atoms with van der Waals surface area (Å²) in [6.07, 6.45) is 6.38. The normalized spacial score (nSPS) is 20.2. The van der Waals surface area contributed by atoms with Gasteiger partial charge in [0.05, 0.1) is 35.1 Å². The van der Waals surface area contributed by atoms with E-state index < -0.39 is 11.9 Å². The molecule has 1 fully saturated rings. The van der Waals surface area contributed by atoms with Crippen LogP contribution >= 0.6 is 12.2 Å². The number of amides is 1. The molecule has 7 nitrogen and oxygen atoms in total. The molecule has 2 N–H and O–H groups in total. The smallest absolute Gasteiger partial charge is 0.414 e. The molecule has 4 rings (SSSR count). The maximum atomic E-state index is 14.9. The van der Waals surface area contributed by atoms with Gasteiger partial charge in [-0.15, -0.1) is 0 Å². The highest BCUT2D eigenvalue weighted by molar-refractivity contribution is 7.80. The number of thiocarbonyl (C=S) groups is 1. The van der Waals surface area contributed by atoms with Crippen molar-refractivity contribution in [2.75, 3.05) is 23.3 Å². The van der Waals surface area contributed by atoms with Crippen LogP contribution in [-0.2, 0) is 9.53 Å². The fraction of sp³-hybridized carbons (Fsp3) is 0.250. The molecule has 1 aliphatic heterocycles. The van der Waals surface area contributed by atoms with E-state index >= 15 is 0 Å². The number of cyclic esters (lactones) is 1. The molecule has 2 atom stereocenters. The highest BCUT2D eigenvalue weighted by Crippen LogP contribution is 2.28. The second-order valence-corrected chi connectivity index (χ2v) is 8.39. The van der Waals surface area contributed by atoms with E-state index in [4.69, 9.17) is 17.0 Å². The largest absolute Gasteiger partial charge is 0.442 e. The Morgan fingerprint density at radius 3 is 2.88 bits per heavy atom. The molecule has 0 bridgehead atoms. The van der Waals surface area contributed by atoms with Gasteiger partial charge >= 0.3 is 6.09 Å². The summed E-state index contributed by atoms with van der Waals surface area (Å²) < 4.78 is 20.2. The van der Waals surface area contributed by atoms with Gasteiger partial charge in [-0.3, -0.25) is 14.7 Å². The van der Waals surface area contributed by atoms with Gasteiger partial charge in [0, 0.05) is 17.8 Å². The van der Waals surface area contributed by atoms with Gasteiger partial charge in [0.25, 0.3) is 0 Å². The van der Waals surface area contributed by atoms with E-state index in [-0.39, 0.29) is 30.0 Å². The second-order valence-electron chi connectivity index (χ2n) is 7.78. The van der Waals surface area contributed by atoms with Gasteiger partial charge in [0.2, 0.25) is 5.78 Å². The van der Waals surface area contributed by atoms with E-state index in [0.717, 1.165) is 5.69 Å². The Morgan fingerprint density at radius 2 is 2.15 bits per heavy atom. The molecule has 1 aromatic carbocycles. The lowest BCUT2D eigenvalue weighted by Gasteiger charge is -2.15. The zero-order valence-corrected chi connectivity index (χ0v) is 18.8. The van der Waals surface area contributed by atoms with Crippen LogP contribution in [0, 0.1) is 5.82 Å². The van der Waals surface area contributed by atoms with E-state index in [1.54, 1.807) is 25.3 Å². The Kier molecular flexibility index (Phi) is 6.79. The minimum atomic E-state index is -0.584. The SMILES string of the molecule is CC(=S)NCC1CN(c2ccc(NC3=CCC(c4ccccn4)C=CC3=O)c(F)c2)C(=O)O1. The number of nitrogens with zero attached hydrogens (tertiary/aromatic N) is 2. The molecule has 1 aliphatic carbocycles. The van der Waals surface area contributed by atoms with Gasteiger partial charge in [-0.2, -0.15) is 0 Å². The Labute approximate surface area is 196 Å². The zero-order chi connectivity index (χ0) is 23.4. The summed E-state index contributed by atoms with van der Waals surface area (Å²) in [6.45, 7) is 2.42. The lowest BCUT2D eigenvalue weighted by Crippen LogP contribution is -2.32. The minimum Gasteiger partial charge on any atom is -0.442 e. The Bertz CT molecular complexity index is 1140. The number of allylic oxidation sites excluding steroid dienone is 3. The van der Waals surface area contributed by atoms with Crippen LogP contribution < -0.4 is 15.5 Å². The number of carbonyl (C=O) groups is 2. The monoisotopic (exact) mass is 466 g/mol. The van der Waals surface area contributed by atoms with Crippen LogP contribution in [0.15, 0.2) is 66.5 Å². The molecule has 9 heteroatoms. The van der Waals surface area contributed by atoms with E-state index in [9.17, 15) is 14.0 Å². The number of aromatic nitrogens is 1. The fourth-order valence-corrected chi connectivity index (χ4v) is 3.74. The Balaban J connectivity index is 1.45. The van der Waals surface area contributed by atoms with E-state index in [0.29, 0.717) is 29.3 Å². The number of hydrogen-bond donors (Lipinski definition) is 2. The number of anilines is 2. The quantitative estimate of drug-likeness (QED) is 0.621. The number of pyridine rings is 1. The molecule has 1 saturated heterocycles. The van der Waals surface area contributed by atoms with Crippen molar-refractivity contribution < 1.29 is 18.7 Å². The van der Waals surface area contributed by atoms with Crippen LogP contribution in [0.5, 0.6) is 0 Å². The molecule has 2 unspecified atom stereocenters. The number of rotatable bonds is 6. The van der Waals surface area contributed by atoms with E-state index in [1.165, 1.54) is 23.1 Å². The highest BCUT2D eigenvalue weighted by atomic mass is 32.1. The van der Waals surface area contributed by atoms with Crippen molar-refractivity contribution in [3.8, 4) is 0 Å². The molecule has 0 spiro atoms. The molecule has 33 heavy (non-hydrogen) atoms. The van der Waals surface area contributed by atoms with Gasteiger partial charge in [-0.05, 0) is 49.8 Å². The van der Waals surface area contributed by atoms with Gasteiger partial charge < -0.3 is 15.4 Å². The number of hydrogen-bond acceptors (Lipinski definition) is 6. The first-order valence-corrected chi connectivity index (χ1v) is 10.9. The summed E-state index contributed by atoms with van der Waals surface area (Å²) in [5.41, 5.74) is 1.67. The molecule has 2 heterocycles. The molecule has 0 radical (unpaired) electrons. The topological polar surface area (TPSA) is 83.6 Å². The number of nitrogens with one attached hydrogen (secondary N) is 2. The third kappa shape index (κ3) is 5.43. The van der Waals surface area contributed by atoms with Crippen molar-refractivity contribution in [2.24, 2.45) is 0 Å². The molecular formula is C24H23FN4O3S. The first kappa shape index (κ1) is 22.6. The van der Waals surface area contributed by atoms with Crippen LogP contribution in [0.25, 0.3) is 0 Å². The molecule has 1 aromatic heterocycles. The average molecular weight is 467 g/mol. The van der Waals surface area contributed by atoms with Crippen molar-refractivity contribution in [1.29, 1.82) is 0 Å². The molecular weight excluding hydrogens is 443 g/mol. The first-order chi connectivity index (χ1) is 15.9. The van der Waals surface area contributed by atoms with Crippen molar-refractivity contribution in [3.05, 3.63) is 78.0 Å². The lowest BCUT2D eigenvalue weighted by molar-refractivity contribution is -0.111. The number of ketones is 1. The van der Waals surface area contributed by atoms with Gasteiger partial charge in [-0.1, -0.05) is 30.4 Å². The first-order valence-electron chi connectivity index (χ1n) is 10.5. The summed E-state index contributed by atoms with van der Waals surface area (Å²) in [5, 5.41) is 5.85. The predicted octanol–water partition coefficient (Wildman–Crippen LogP) is 4.09. The van der Waals surface area contributed by atoms with Gasteiger partial charge in [-0.25, -0.2) is 9.18 Å². The standard InChI is InChI=1S/C24H23FN4O3S/c1-15(33)27-13-18-14-29(24(31)32-18)17-7-9-21(19(25)12-17)28-22-8-5-16(6-10-23(22)30)20-4-2-3-11-26-20/h2-4,6-12,16,18,28H,5,13-14H2,1H3,(H,27,33). The molecule has 2 aromatic rings. The van der Waals surface area contributed by atoms with Gasteiger partial charge in [0.15, 0.2) is 0 Å². The Hall–Kier alpha value is -3.59. The minimum absolute atomic E-state index is 0.0349. The number of ether oxygens (including phenoxy) is 1. The van der Waals surface area contributed by atoms with E-state index in [2.05, 4.69) is 15.6 Å². The van der Waals surface area contributed by atoms with Gasteiger partial charge in [0.1, 0.15) is 11.9 Å². The number of halogens is 1. The average Bonchev–Trinajstić information content (AvgIpc) is 3.08. The van der Waals surface area contributed by atoms with Crippen LogP contribution in [0.2, 0.25) is 0 Å². The molecule has 2 aliphatic rings. The summed E-state index contributed by atoms with van der Waals surface area (Å²) >= 11 is 4.97. The van der Waals surface area contributed by atoms with E-state index in [1.807, 2.05) is 24.3 Å². The number of benzene rings is 1. The zero-order valence-electron chi connectivity index (χ0n) is 18.0. The molecule has 170 valence electrons. The second kappa shape index (κ2) is 9.91. The van der Waals surface area contributed by atoms with Crippen molar-refractivity contribution in [1.82, 2.24) is 10.3 Å². The van der Waals surface area contributed by atoms with Crippen molar-refractivity contribution in [2.45, 2.75) is 25.4 Å². The Morgan fingerprint density at radius 1 is 1.30 bits per heavy atom. The summed E-state index contributed by atoms with van der Waals surface area (Å²) in [7, 11) is 0. The predicted molar refractivity (Wildman–Crippen MR) is 128 cm³/mol. The van der Waals surface area contributed by atoms with Crippen LogP contribution in [0.1, 0.15) is 25.0 Å².